The van der Waals surface area contributed by atoms with E-state index in [9.17, 15) is 13.2 Å². The van der Waals surface area contributed by atoms with Crippen molar-refractivity contribution < 1.29 is 13.2 Å². The van der Waals surface area contributed by atoms with Crippen molar-refractivity contribution in [2.24, 2.45) is 0 Å². The first-order valence-electron chi connectivity index (χ1n) is 7.72. The first kappa shape index (κ1) is 19.4. The van der Waals surface area contributed by atoms with Crippen LogP contribution in [-0.2, 0) is 21.2 Å². The second kappa shape index (κ2) is 8.88. The molecule has 0 unspecified atom stereocenters. The number of nitrogens with zero attached hydrogens (tertiary/aromatic N) is 2. The molecule has 130 valence electrons. The first-order valence-corrected chi connectivity index (χ1v) is 9.57. The molecule has 0 atom stereocenters. The summed E-state index contributed by atoms with van der Waals surface area (Å²) in [6.07, 6.45) is 2.81. The molecule has 0 radical (unpaired) electrons. The van der Waals surface area contributed by atoms with Crippen LogP contribution in [0.15, 0.2) is 24.3 Å². The Morgan fingerprint density at radius 2 is 1.78 bits per heavy atom. The number of hydrogen-bond donors (Lipinski definition) is 1. The van der Waals surface area contributed by atoms with Crippen LogP contribution in [0, 0.1) is 0 Å². The highest BCUT2D eigenvalue weighted by Crippen LogP contribution is 2.18. The molecule has 1 amide bonds. The van der Waals surface area contributed by atoms with E-state index in [0.29, 0.717) is 12.2 Å². The van der Waals surface area contributed by atoms with Gasteiger partial charge in [0.2, 0.25) is 15.9 Å². The minimum absolute atomic E-state index is 0.202. The molecule has 1 N–H and O–H groups in total. The van der Waals surface area contributed by atoms with Gasteiger partial charge in [-0.3, -0.25) is 9.10 Å². The molecule has 0 aliphatic rings. The predicted octanol–water partition coefficient (Wildman–Crippen LogP) is 1.08. The van der Waals surface area contributed by atoms with Crippen LogP contribution in [0.3, 0.4) is 0 Å². The number of anilines is 1. The zero-order valence-corrected chi connectivity index (χ0v) is 15.2. The molecule has 23 heavy (non-hydrogen) atoms. The van der Waals surface area contributed by atoms with Gasteiger partial charge in [0, 0.05) is 6.54 Å². The quantitative estimate of drug-likeness (QED) is 0.683. The van der Waals surface area contributed by atoms with Crippen LogP contribution >= 0.6 is 0 Å². The maximum absolute atomic E-state index is 12.0. The molecule has 0 saturated heterocycles. The van der Waals surface area contributed by atoms with Crippen molar-refractivity contribution in [3.8, 4) is 0 Å². The smallest absolute Gasteiger partial charge is 0.240 e. The number of aryl methyl sites for hydroxylation is 1. The number of amides is 1. The van der Waals surface area contributed by atoms with Gasteiger partial charge in [-0.25, -0.2) is 8.42 Å². The Bertz CT molecular complexity index is 598. The third kappa shape index (κ3) is 7.00. The Morgan fingerprint density at radius 3 is 2.26 bits per heavy atom. The van der Waals surface area contributed by atoms with Gasteiger partial charge in [0.25, 0.3) is 0 Å². The van der Waals surface area contributed by atoms with Gasteiger partial charge in [-0.2, -0.15) is 0 Å². The van der Waals surface area contributed by atoms with Crippen molar-refractivity contribution in [2.75, 3.05) is 44.3 Å². The standard InChI is InChI=1S/C16H27N3O3S/c1-5-14-7-9-15(10-8-14)19(23(4,21)22)13-16(20)17-11-6-12-18(2)3/h7-10H,5-6,11-13H2,1-4H3,(H,17,20). The summed E-state index contributed by atoms with van der Waals surface area (Å²) in [5, 5.41) is 2.76. The zero-order valence-electron chi connectivity index (χ0n) is 14.4. The minimum atomic E-state index is -3.51. The molecule has 1 aromatic rings. The maximum atomic E-state index is 12.0. The summed E-state index contributed by atoms with van der Waals surface area (Å²) in [4.78, 5) is 14.0. The number of nitrogens with one attached hydrogen (secondary N) is 1. The highest BCUT2D eigenvalue weighted by molar-refractivity contribution is 7.92. The molecule has 0 fully saturated rings. The van der Waals surface area contributed by atoms with E-state index in [-0.39, 0.29) is 12.5 Å². The highest BCUT2D eigenvalue weighted by Gasteiger charge is 2.20. The lowest BCUT2D eigenvalue weighted by Gasteiger charge is -2.22. The summed E-state index contributed by atoms with van der Waals surface area (Å²) in [6.45, 7) is 3.23. The summed E-state index contributed by atoms with van der Waals surface area (Å²) in [5.41, 5.74) is 1.63. The zero-order chi connectivity index (χ0) is 17.5. The third-order valence-electron chi connectivity index (χ3n) is 3.42. The normalized spacial score (nSPS) is 11.5. The van der Waals surface area contributed by atoms with Crippen LogP contribution < -0.4 is 9.62 Å². The van der Waals surface area contributed by atoms with E-state index in [1.807, 2.05) is 38.1 Å². The molecule has 0 aliphatic carbocycles. The number of carbonyl (C=O) groups is 1. The van der Waals surface area contributed by atoms with Crippen LogP contribution in [-0.4, -0.2) is 59.2 Å². The van der Waals surface area contributed by atoms with Gasteiger partial charge in [-0.1, -0.05) is 19.1 Å². The van der Waals surface area contributed by atoms with Crippen molar-refractivity contribution >= 4 is 21.6 Å². The molecular formula is C16H27N3O3S. The van der Waals surface area contributed by atoms with Gasteiger partial charge >= 0.3 is 0 Å². The number of carbonyl (C=O) groups excluding carboxylic acids is 1. The van der Waals surface area contributed by atoms with Gasteiger partial charge in [-0.15, -0.1) is 0 Å². The molecule has 0 bridgehead atoms. The van der Waals surface area contributed by atoms with E-state index in [0.717, 1.165) is 35.5 Å². The van der Waals surface area contributed by atoms with Gasteiger partial charge in [0.1, 0.15) is 6.54 Å². The van der Waals surface area contributed by atoms with E-state index in [1.165, 1.54) is 0 Å². The van der Waals surface area contributed by atoms with Crippen molar-refractivity contribution in [1.29, 1.82) is 0 Å². The van der Waals surface area contributed by atoms with Gasteiger partial charge in [0.15, 0.2) is 0 Å². The Hall–Kier alpha value is -1.60. The maximum Gasteiger partial charge on any atom is 0.240 e. The van der Waals surface area contributed by atoms with E-state index in [4.69, 9.17) is 0 Å². The van der Waals surface area contributed by atoms with Crippen LogP contribution in [0.2, 0.25) is 0 Å². The van der Waals surface area contributed by atoms with Crippen LogP contribution in [0.5, 0.6) is 0 Å². The fraction of sp³-hybridized carbons (Fsp3) is 0.562. The molecule has 0 saturated carbocycles. The fourth-order valence-electron chi connectivity index (χ4n) is 2.11. The molecule has 0 spiro atoms. The van der Waals surface area contributed by atoms with Gasteiger partial charge in [0.05, 0.1) is 11.9 Å². The van der Waals surface area contributed by atoms with Crippen LogP contribution in [0.1, 0.15) is 18.9 Å². The monoisotopic (exact) mass is 341 g/mol. The lowest BCUT2D eigenvalue weighted by Crippen LogP contribution is -2.41. The predicted molar refractivity (Wildman–Crippen MR) is 94.2 cm³/mol. The Labute approximate surface area is 139 Å². The van der Waals surface area contributed by atoms with E-state index in [2.05, 4.69) is 5.32 Å². The molecule has 6 nitrogen and oxygen atoms in total. The SMILES string of the molecule is CCc1ccc(N(CC(=O)NCCCN(C)C)S(C)(=O)=O)cc1. The van der Waals surface area contributed by atoms with Crippen molar-refractivity contribution in [3.63, 3.8) is 0 Å². The molecule has 1 rings (SSSR count). The molecule has 0 aromatic heterocycles. The summed E-state index contributed by atoms with van der Waals surface area (Å²) < 4.78 is 25.1. The van der Waals surface area contributed by atoms with Crippen LogP contribution in [0.25, 0.3) is 0 Å². The lowest BCUT2D eigenvalue weighted by molar-refractivity contribution is -0.119. The molecular weight excluding hydrogens is 314 g/mol. The largest absolute Gasteiger partial charge is 0.354 e. The molecule has 0 aliphatic heterocycles. The number of sulfonamides is 1. The molecule has 0 heterocycles. The topological polar surface area (TPSA) is 69.7 Å². The summed E-state index contributed by atoms with van der Waals surface area (Å²) in [7, 11) is 0.419. The van der Waals surface area contributed by atoms with Gasteiger partial charge in [-0.05, 0) is 51.2 Å². The minimum Gasteiger partial charge on any atom is -0.354 e. The summed E-state index contributed by atoms with van der Waals surface area (Å²) >= 11 is 0. The third-order valence-corrected chi connectivity index (χ3v) is 4.56. The van der Waals surface area contributed by atoms with E-state index < -0.39 is 10.0 Å². The molecule has 7 heteroatoms. The van der Waals surface area contributed by atoms with Crippen molar-refractivity contribution in [1.82, 2.24) is 10.2 Å². The number of rotatable bonds is 9. The highest BCUT2D eigenvalue weighted by atomic mass is 32.2. The van der Waals surface area contributed by atoms with Crippen LogP contribution in [0.4, 0.5) is 5.69 Å². The Kier molecular flexibility index (Phi) is 7.51. The first-order chi connectivity index (χ1) is 10.7. The molecule has 1 aromatic carbocycles. The average molecular weight is 341 g/mol. The van der Waals surface area contributed by atoms with E-state index in [1.54, 1.807) is 12.1 Å². The average Bonchev–Trinajstić information content (AvgIpc) is 2.48. The van der Waals surface area contributed by atoms with Gasteiger partial charge < -0.3 is 10.2 Å². The number of hydrogen-bond acceptors (Lipinski definition) is 4. The Balaban J connectivity index is 2.70. The van der Waals surface area contributed by atoms with E-state index >= 15 is 0 Å². The Morgan fingerprint density at radius 1 is 1.17 bits per heavy atom. The van der Waals surface area contributed by atoms with Crippen molar-refractivity contribution in [3.05, 3.63) is 29.8 Å². The lowest BCUT2D eigenvalue weighted by atomic mass is 10.1. The van der Waals surface area contributed by atoms with Crippen molar-refractivity contribution in [2.45, 2.75) is 19.8 Å². The summed E-state index contributed by atoms with van der Waals surface area (Å²) in [6, 6.07) is 7.23. The second-order valence-corrected chi connectivity index (χ2v) is 7.70. The summed E-state index contributed by atoms with van der Waals surface area (Å²) in [5.74, 6) is -0.297. The fourth-order valence-corrected chi connectivity index (χ4v) is 2.96. The number of benzene rings is 1. The second-order valence-electron chi connectivity index (χ2n) is 5.80.